The van der Waals surface area contributed by atoms with Gasteiger partial charge in [0.1, 0.15) is 6.04 Å². The van der Waals surface area contributed by atoms with Gasteiger partial charge in [-0.3, -0.25) is 14.4 Å². The molecule has 2 unspecified atom stereocenters. The highest BCUT2D eigenvalue weighted by Crippen LogP contribution is 2.36. The summed E-state index contributed by atoms with van der Waals surface area (Å²) in [5.74, 6) is -1.22. The van der Waals surface area contributed by atoms with Crippen molar-refractivity contribution in [3.8, 4) is 0 Å². The van der Waals surface area contributed by atoms with Crippen LogP contribution < -0.4 is 5.32 Å². The van der Waals surface area contributed by atoms with Crippen molar-refractivity contribution >= 4 is 34.7 Å². The molecule has 0 spiro atoms. The van der Waals surface area contributed by atoms with Gasteiger partial charge < -0.3 is 15.0 Å². The molecule has 1 aliphatic heterocycles. The first kappa shape index (κ1) is 25.5. The number of nitrogens with zero attached hydrogens (tertiary/aromatic N) is 1. The summed E-state index contributed by atoms with van der Waals surface area (Å²) in [6.45, 7) is 3.13. The summed E-state index contributed by atoms with van der Waals surface area (Å²) < 4.78 is 4.93. The maximum Gasteiger partial charge on any atom is 0.328 e. The minimum atomic E-state index is -0.701. The lowest BCUT2D eigenvalue weighted by atomic mass is 10.0. The number of hydrogen-bond donors (Lipinski definition) is 1. The number of likely N-dealkylation sites (tertiary alicyclic amines) is 1. The van der Waals surface area contributed by atoms with E-state index < -0.39 is 23.2 Å². The summed E-state index contributed by atoms with van der Waals surface area (Å²) in [7, 11) is 1.30. The van der Waals surface area contributed by atoms with Crippen LogP contribution in [0.4, 0.5) is 0 Å². The molecule has 1 saturated heterocycles. The molecule has 2 aromatic rings. The van der Waals surface area contributed by atoms with Crippen LogP contribution in [-0.4, -0.2) is 52.7 Å². The maximum absolute atomic E-state index is 13.3. The third-order valence-electron chi connectivity index (χ3n) is 5.89. The second-order valence-electron chi connectivity index (χ2n) is 8.35. The van der Waals surface area contributed by atoms with Crippen LogP contribution in [0.3, 0.4) is 0 Å². The van der Waals surface area contributed by atoms with Crippen LogP contribution in [0.5, 0.6) is 0 Å². The van der Waals surface area contributed by atoms with Crippen molar-refractivity contribution in [2.75, 3.05) is 13.7 Å². The molecule has 1 aliphatic rings. The zero-order valence-electron chi connectivity index (χ0n) is 19.7. The number of thioether (sulfide) groups is 1. The first-order chi connectivity index (χ1) is 16.3. The maximum atomic E-state index is 13.3. The topological polar surface area (TPSA) is 92.8 Å². The molecule has 0 aromatic heterocycles. The van der Waals surface area contributed by atoms with Gasteiger partial charge in [-0.2, -0.15) is 0 Å². The number of nitrogens with one attached hydrogen (secondary N) is 1. The zero-order valence-corrected chi connectivity index (χ0v) is 20.5. The van der Waals surface area contributed by atoms with Gasteiger partial charge in [0.2, 0.25) is 11.8 Å². The second kappa shape index (κ2) is 11.8. The molecule has 34 heavy (non-hydrogen) atoms. The Morgan fingerprint density at radius 3 is 2.35 bits per heavy atom. The molecule has 0 saturated carbocycles. The van der Waals surface area contributed by atoms with Gasteiger partial charge in [-0.25, -0.2) is 4.79 Å². The van der Waals surface area contributed by atoms with Crippen LogP contribution in [0.2, 0.25) is 0 Å². The fraction of sp³-hybridized carbons (Fsp3) is 0.385. The van der Waals surface area contributed by atoms with Crippen molar-refractivity contribution in [3.63, 3.8) is 0 Å². The lowest BCUT2D eigenvalue weighted by Gasteiger charge is -2.30. The third-order valence-corrected chi connectivity index (χ3v) is 6.88. The van der Waals surface area contributed by atoms with E-state index in [-0.39, 0.29) is 23.6 Å². The predicted octanol–water partition coefficient (Wildman–Crippen LogP) is 3.21. The minimum Gasteiger partial charge on any atom is -0.467 e. The highest BCUT2D eigenvalue weighted by Gasteiger charge is 2.42. The third kappa shape index (κ3) is 6.47. The first-order valence-electron chi connectivity index (χ1n) is 11.2. The average molecular weight is 483 g/mol. The van der Waals surface area contributed by atoms with Gasteiger partial charge in [-0.1, -0.05) is 71.9 Å². The highest BCUT2D eigenvalue weighted by atomic mass is 32.2. The molecule has 180 valence electrons. The van der Waals surface area contributed by atoms with Crippen LogP contribution in [0.15, 0.2) is 54.6 Å². The van der Waals surface area contributed by atoms with Crippen LogP contribution in [0.1, 0.15) is 42.5 Å². The Morgan fingerprint density at radius 1 is 1.06 bits per heavy atom. The summed E-state index contributed by atoms with van der Waals surface area (Å²) in [6.07, 6.45) is 1.48. The number of aryl methyl sites for hydroxylation is 1. The number of methoxy groups -OCH3 is 1. The molecule has 2 aromatic carbocycles. The molecular weight excluding hydrogens is 452 g/mol. The van der Waals surface area contributed by atoms with Gasteiger partial charge in [-0.05, 0) is 37.3 Å². The van der Waals surface area contributed by atoms with Crippen LogP contribution in [0, 0.1) is 6.92 Å². The molecule has 3 rings (SSSR count). The molecule has 1 heterocycles. The Hall–Kier alpha value is -3.13. The molecule has 2 amide bonds. The summed E-state index contributed by atoms with van der Waals surface area (Å²) >= 11 is 0.944. The Balaban J connectivity index is 1.73. The van der Waals surface area contributed by atoms with Gasteiger partial charge in [0, 0.05) is 6.92 Å². The lowest BCUT2D eigenvalue weighted by molar-refractivity contribution is -0.152. The normalized spacial score (nSPS) is 18.3. The van der Waals surface area contributed by atoms with E-state index in [9.17, 15) is 19.2 Å². The van der Waals surface area contributed by atoms with Crippen molar-refractivity contribution in [1.82, 2.24) is 10.2 Å². The van der Waals surface area contributed by atoms with Crippen LogP contribution in [0.25, 0.3) is 0 Å². The Bertz CT molecular complexity index is 1030. The van der Waals surface area contributed by atoms with E-state index in [0.29, 0.717) is 19.3 Å². The van der Waals surface area contributed by atoms with E-state index in [1.807, 2.05) is 61.5 Å². The number of hydrogen-bond acceptors (Lipinski definition) is 6. The van der Waals surface area contributed by atoms with Crippen molar-refractivity contribution in [2.24, 2.45) is 0 Å². The number of rotatable bonds is 8. The highest BCUT2D eigenvalue weighted by molar-refractivity contribution is 8.14. The molecule has 0 radical (unpaired) electrons. The molecule has 3 atom stereocenters. The fourth-order valence-electron chi connectivity index (χ4n) is 4.23. The van der Waals surface area contributed by atoms with Gasteiger partial charge in [0.05, 0.1) is 24.9 Å². The van der Waals surface area contributed by atoms with E-state index >= 15 is 0 Å². The average Bonchev–Trinajstić information content (AvgIpc) is 3.27. The quantitative estimate of drug-likeness (QED) is 0.581. The van der Waals surface area contributed by atoms with E-state index in [0.717, 1.165) is 28.5 Å². The minimum absolute atomic E-state index is 0.174. The predicted molar refractivity (Wildman–Crippen MR) is 131 cm³/mol. The van der Waals surface area contributed by atoms with Crippen molar-refractivity contribution in [3.05, 3.63) is 71.3 Å². The van der Waals surface area contributed by atoms with E-state index in [4.69, 9.17) is 4.74 Å². The molecule has 0 bridgehead atoms. The molecule has 0 aliphatic carbocycles. The summed E-state index contributed by atoms with van der Waals surface area (Å²) in [5.41, 5.74) is 2.96. The van der Waals surface area contributed by atoms with Crippen molar-refractivity contribution < 1.29 is 23.9 Å². The number of benzene rings is 2. The molecule has 1 N–H and O–H groups in total. The number of ether oxygens (including phenoxy) is 1. The van der Waals surface area contributed by atoms with Crippen LogP contribution >= 0.6 is 11.8 Å². The largest absolute Gasteiger partial charge is 0.467 e. The first-order valence-corrected chi connectivity index (χ1v) is 12.1. The van der Waals surface area contributed by atoms with Gasteiger partial charge in [-0.15, -0.1) is 0 Å². The van der Waals surface area contributed by atoms with E-state index in [1.54, 1.807) is 0 Å². The standard InChI is InChI=1S/C26H30N2O5S/c1-17-9-11-20(12-10-17)21-13-14-22(26(32)33-3)28(21)24(30)16-27-25(31)23(34-18(2)29)15-19-7-5-4-6-8-19/h4-12,21-23H,13-16H2,1-3H3,(H,27,31)/t21?,22-,23?/m0/s1. The summed E-state index contributed by atoms with van der Waals surface area (Å²) in [5, 5.41) is 1.86. The number of esters is 1. The Morgan fingerprint density at radius 2 is 1.74 bits per heavy atom. The molecule has 8 heteroatoms. The summed E-state index contributed by atoms with van der Waals surface area (Å²) in [6, 6.07) is 16.3. The second-order valence-corrected chi connectivity index (χ2v) is 9.73. The zero-order chi connectivity index (χ0) is 24.7. The molecule has 1 fully saturated rings. The van der Waals surface area contributed by atoms with Crippen molar-refractivity contribution in [1.29, 1.82) is 0 Å². The molecule has 7 nitrogen and oxygen atoms in total. The van der Waals surface area contributed by atoms with E-state index in [1.165, 1.54) is 18.9 Å². The van der Waals surface area contributed by atoms with Crippen LogP contribution in [-0.2, 0) is 30.3 Å². The van der Waals surface area contributed by atoms with Gasteiger partial charge in [0.15, 0.2) is 5.12 Å². The SMILES string of the molecule is COC(=O)[C@@H]1CCC(c2ccc(C)cc2)N1C(=O)CNC(=O)C(Cc1ccccc1)SC(C)=O. The monoisotopic (exact) mass is 482 g/mol. The Kier molecular flexibility index (Phi) is 8.87. The number of carbonyl (C=O) groups excluding carboxylic acids is 4. The van der Waals surface area contributed by atoms with E-state index in [2.05, 4.69) is 5.32 Å². The van der Waals surface area contributed by atoms with Gasteiger partial charge in [0.25, 0.3) is 0 Å². The summed E-state index contributed by atoms with van der Waals surface area (Å²) in [4.78, 5) is 51.8. The number of carbonyl (C=O) groups is 4. The van der Waals surface area contributed by atoms with Gasteiger partial charge >= 0.3 is 5.97 Å². The smallest absolute Gasteiger partial charge is 0.328 e. The Labute approximate surface area is 204 Å². The molecular formula is C26H30N2O5S. The van der Waals surface area contributed by atoms with Crippen molar-refractivity contribution in [2.45, 2.75) is 50.4 Å². The fourth-order valence-corrected chi connectivity index (χ4v) is 5.09. The lowest BCUT2D eigenvalue weighted by Crippen LogP contribution is -2.48. The number of amides is 2.